The van der Waals surface area contributed by atoms with Gasteiger partial charge < -0.3 is 14.4 Å². The predicted molar refractivity (Wildman–Crippen MR) is 113 cm³/mol. The lowest BCUT2D eigenvalue weighted by Crippen LogP contribution is -2.42. The average molecular weight is 438 g/mol. The third-order valence-corrected chi connectivity index (χ3v) is 5.09. The molecule has 0 aliphatic carbocycles. The van der Waals surface area contributed by atoms with Gasteiger partial charge in [0.05, 0.1) is 17.8 Å². The molecule has 3 aromatic rings. The van der Waals surface area contributed by atoms with E-state index in [1.165, 1.54) is 18.5 Å². The van der Waals surface area contributed by atoms with Crippen LogP contribution in [0.2, 0.25) is 0 Å². The van der Waals surface area contributed by atoms with E-state index in [0.717, 1.165) is 6.07 Å². The number of hydrogen-bond donors (Lipinski definition) is 0. The van der Waals surface area contributed by atoms with Crippen molar-refractivity contribution in [2.24, 2.45) is 0 Å². The maximum atomic E-state index is 13.9. The standard InChI is InChI=1S/C22H23FN6O3/c1-22(2,3)32-21(30)28-8-6-15(7-9-28)29-19-17(12-27-29)20(26-13-25-19)31-16-5-4-14(11-24)18(23)10-16/h4-5,10,12-13,15H,6-9H2,1-3H3. The van der Waals surface area contributed by atoms with Gasteiger partial charge >= 0.3 is 6.09 Å². The Bertz CT molecular complexity index is 1190. The van der Waals surface area contributed by atoms with Crippen molar-refractivity contribution in [2.45, 2.75) is 45.3 Å². The molecule has 166 valence electrons. The van der Waals surface area contributed by atoms with Crippen molar-refractivity contribution in [1.29, 1.82) is 5.26 Å². The second-order valence-corrected chi connectivity index (χ2v) is 8.56. The highest BCUT2D eigenvalue weighted by molar-refractivity contribution is 5.80. The Morgan fingerprint density at radius 3 is 2.66 bits per heavy atom. The minimum Gasteiger partial charge on any atom is -0.444 e. The zero-order chi connectivity index (χ0) is 22.9. The van der Waals surface area contributed by atoms with Crippen LogP contribution in [0, 0.1) is 17.1 Å². The quantitative estimate of drug-likeness (QED) is 0.603. The van der Waals surface area contributed by atoms with Gasteiger partial charge in [0.15, 0.2) is 5.65 Å². The summed E-state index contributed by atoms with van der Waals surface area (Å²) in [5, 5.41) is 13.9. The zero-order valence-electron chi connectivity index (χ0n) is 18.1. The number of amides is 1. The summed E-state index contributed by atoms with van der Waals surface area (Å²) in [7, 11) is 0. The molecular formula is C22H23FN6O3. The van der Waals surface area contributed by atoms with Crippen molar-refractivity contribution in [1.82, 2.24) is 24.6 Å². The summed E-state index contributed by atoms with van der Waals surface area (Å²) in [6, 6.07) is 5.83. The van der Waals surface area contributed by atoms with Gasteiger partial charge in [0.25, 0.3) is 0 Å². The second kappa shape index (κ2) is 8.42. The molecule has 1 aromatic carbocycles. The maximum absolute atomic E-state index is 13.9. The number of carbonyl (C=O) groups is 1. The molecule has 1 aliphatic rings. The molecule has 0 N–H and O–H groups in total. The van der Waals surface area contributed by atoms with Crippen molar-refractivity contribution in [3.8, 4) is 17.7 Å². The summed E-state index contributed by atoms with van der Waals surface area (Å²) in [6.07, 6.45) is 4.08. The first-order valence-corrected chi connectivity index (χ1v) is 10.3. The van der Waals surface area contributed by atoms with Gasteiger partial charge in [-0.05, 0) is 45.7 Å². The van der Waals surface area contributed by atoms with E-state index in [9.17, 15) is 9.18 Å². The number of nitrogens with zero attached hydrogens (tertiary/aromatic N) is 6. The Morgan fingerprint density at radius 1 is 1.25 bits per heavy atom. The third kappa shape index (κ3) is 4.46. The molecule has 3 heterocycles. The van der Waals surface area contributed by atoms with E-state index in [4.69, 9.17) is 14.7 Å². The van der Waals surface area contributed by atoms with Gasteiger partial charge in [-0.2, -0.15) is 10.4 Å². The van der Waals surface area contributed by atoms with E-state index < -0.39 is 11.4 Å². The average Bonchev–Trinajstić information content (AvgIpc) is 3.18. The number of nitriles is 1. The van der Waals surface area contributed by atoms with Crippen LogP contribution in [-0.2, 0) is 4.74 Å². The van der Waals surface area contributed by atoms with E-state index in [1.54, 1.807) is 17.2 Å². The summed E-state index contributed by atoms with van der Waals surface area (Å²) in [6.45, 7) is 6.65. The van der Waals surface area contributed by atoms with Gasteiger partial charge in [0.2, 0.25) is 5.88 Å². The molecule has 32 heavy (non-hydrogen) atoms. The third-order valence-electron chi connectivity index (χ3n) is 5.09. The molecule has 0 radical (unpaired) electrons. The molecule has 10 heteroatoms. The Labute approximate surface area is 184 Å². The van der Waals surface area contributed by atoms with Gasteiger partial charge in [-0.3, -0.25) is 0 Å². The first kappa shape index (κ1) is 21.5. The number of piperidine rings is 1. The highest BCUT2D eigenvalue weighted by Gasteiger charge is 2.29. The van der Waals surface area contributed by atoms with Crippen LogP contribution in [0.1, 0.15) is 45.2 Å². The van der Waals surface area contributed by atoms with Crippen molar-refractivity contribution in [3.05, 3.63) is 42.1 Å². The van der Waals surface area contributed by atoms with Crippen LogP contribution < -0.4 is 4.74 Å². The van der Waals surface area contributed by atoms with E-state index in [1.807, 2.05) is 25.5 Å². The van der Waals surface area contributed by atoms with Crippen molar-refractivity contribution in [3.63, 3.8) is 0 Å². The van der Waals surface area contributed by atoms with E-state index in [2.05, 4.69) is 15.1 Å². The number of rotatable bonds is 3. The van der Waals surface area contributed by atoms with Gasteiger partial charge in [0, 0.05) is 19.2 Å². The summed E-state index contributed by atoms with van der Waals surface area (Å²) in [5.74, 6) is -0.195. The van der Waals surface area contributed by atoms with Gasteiger partial charge in [-0.1, -0.05) is 0 Å². The van der Waals surface area contributed by atoms with Crippen LogP contribution in [0.5, 0.6) is 11.6 Å². The minimum atomic E-state index is -0.664. The first-order chi connectivity index (χ1) is 15.2. The van der Waals surface area contributed by atoms with Crippen LogP contribution in [0.15, 0.2) is 30.7 Å². The second-order valence-electron chi connectivity index (χ2n) is 8.56. The molecule has 9 nitrogen and oxygen atoms in total. The summed E-state index contributed by atoms with van der Waals surface area (Å²) >= 11 is 0. The Morgan fingerprint density at radius 2 is 2.00 bits per heavy atom. The number of likely N-dealkylation sites (tertiary alicyclic amines) is 1. The lowest BCUT2D eigenvalue weighted by atomic mass is 10.1. The number of aromatic nitrogens is 4. The van der Waals surface area contributed by atoms with Crippen molar-refractivity contribution in [2.75, 3.05) is 13.1 Å². The molecule has 1 amide bonds. The molecule has 0 atom stereocenters. The van der Waals surface area contributed by atoms with Crippen LogP contribution in [0.3, 0.4) is 0 Å². The SMILES string of the molecule is CC(C)(C)OC(=O)N1CCC(n2ncc3c(Oc4ccc(C#N)c(F)c4)ncnc32)CC1. The summed E-state index contributed by atoms with van der Waals surface area (Å²) in [5.41, 5.74) is 0.00708. The number of carbonyl (C=O) groups excluding carboxylic acids is 1. The Hall–Kier alpha value is -3.74. The summed E-state index contributed by atoms with van der Waals surface area (Å²) < 4.78 is 26.9. The summed E-state index contributed by atoms with van der Waals surface area (Å²) in [4.78, 5) is 22.5. The molecule has 1 aliphatic heterocycles. The number of benzene rings is 1. The predicted octanol–water partition coefficient (Wildman–Crippen LogP) is 4.20. The normalized spacial score (nSPS) is 14.9. The number of ether oxygens (including phenoxy) is 2. The monoisotopic (exact) mass is 438 g/mol. The number of fused-ring (bicyclic) bond motifs is 1. The molecular weight excluding hydrogens is 415 g/mol. The largest absolute Gasteiger partial charge is 0.444 e. The number of halogens is 1. The fourth-order valence-electron chi connectivity index (χ4n) is 3.57. The zero-order valence-corrected chi connectivity index (χ0v) is 18.1. The van der Waals surface area contributed by atoms with Crippen LogP contribution >= 0.6 is 0 Å². The van der Waals surface area contributed by atoms with Crippen LogP contribution in [0.4, 0.5) is 9.18 Å². The van der Waals surface area contributed by atoms with E-state index >= 15 is 0 Å². The molecule has 0 unspecified atom stereocenters. The molecule has 4 rings (SSSR count). The molecule has 0 spiro atoms. The molecule has 2 aromatic heterocycles. The van der Waals surface area contributed by atoms with Gasteiger partial charge in [-0.15, -0.1) is 0 Å². The molecule has 0 saturated carbocycles. The smallest absolute Gasteiger partial charge is 0.410 e. The Kier molecular flexibility index (Phi) is 5.65. The van der Waals surface area contributed by atoms with Crippen molar-refractivity contribution < 1.29 is 18.7 Å². The van der Waals surface area contributed by atoms with Crippen LogP contribution in [0.25, 0.3) is 11.0 Å². The Balaban J connectivity index is 1.50. The lowest BCUT2D eigenvalue weighted by molar-refractivity contribution is 0.0186. The van der Waals surface area contributed by atoms with E-state index in [-0.39, 0.29) is 29.3 Å². The van der Waals surface area contributed by atoms with Crippen LogP contribution in [-0.4, -0.2) is 49.4 Å². The highest BCUT2D eigenvalue weighted by atomic mass is 19.1. The van der Waals surface area contributed by atoms with Gasteiger partial charge in [0.1, 0.15) is 35.0 Å². The topological polar surface area (TPSA) is 106 Å². The first-order valence-electron chi connectivity index (χ1n) is 10.3. The maximum Gasteiger partial charge on any atom is 0.410 e. The van der Waals surface area contributed by atoms with Crippen molar-refractivity contribution >= 4 is 17.1 Å². The fourth-order valence-corrected chi connectivity index (χ4v) is 3.57. The van der Waals surface area contributed by atoms with Gasteiger partial charge in [-0.25, -0.2) is 23.8 Å². The fraction of sp³-hybridized carbons (Fsp3) is 0.409. The highest BCUT2D eigenvalue weighted by Crippen LogP contribution is 2.31. The minimum absolute atomic E-state index is 0.0568. The lowest BCUT2D eigenvalue weighted by Gasteiger charge is -2.33. The number of hydrogen-bond acceptors (Lipinski definition) is 7. The van der Waals surface area contributed by atoms with E-state index in [0.29, 0.717) is 37.0 Å². The molecule has 0 bridgehead atoms. The molecule has 1 saturated heterocycles. The molecule has 1 fully saturated rings.